The van der Waals surface area contributed by atoms with Crippen molar-refractivity contribution in [2.75, 3.05) is 28.4 Å². The van der Waals surface area contributed by atoms with Crippen LogP contribution in [0.4, 0.5) is 0 Å². The van der Waals surface area contributed by atoms with Gasteiger partial charge in [0.25, 0.3) is 0 Å². The number of allylic oxidation sites excluding steroid dienone is 4. The zero-order valence-electron chi connectivity index (χ0n) is 48.1. The van der Waals surface area contributed by atoms with E-state index in [0.717, 1.165) is 153 Å². The van der Waals surface area contributed by atoms with Crippen LogP contribution in [0.15, 0.2) is 36.4 Å². The van der Waals surface area contributed by atoms with Gasteiger partial charge in [0.2, 0.25) is 0 Å². The third kappa shape index (κ3) is 11.9. The molecule has 0 unspecified atom stereocenters. The molecular weight excluding hydrogens is 913 g/mol. The predicted molar refractivity (Wildman–Crippen MR) is 315 cm³/mol. The van der Waals surface area contributed by atoms with E-state index < -0.39 is 0 Å². The first kappa shape index (κ1) is 56.0. The van der Waals surface area contributed by atoms with Crippen LogP contribution in [0.1, 0.15) is 213 Å². The number of rotatable bonds is 26. The lowest BCUT2D eigenvalue weighted by Gasteiger charge is -2.17. The van der Waals surface area contributed by atoms with Crippen LogP contribution in [0, 0.1) is 27.7 Å². The molecule has 2 aromatic carbocycles. The van der Waals surface area contributed by atoms with Gasteiger partial charge in [-0.1, -0.05) is 105 Å². The summed E-state index contributed by atoms with van der Waals surface area (Å²) < 4.78 is 25.5. The Morgan fingerprint density at radius 1 is 0.378 bits per heavy atom. The maximum absolute atomic E-state index is 6.38. The van der Waals surface area contributed by atoms with Crippen LogP contribution in [-0.4, -0.2) is 48.4 Å². The van der Waals surface area contributed by atoms with E-state index in [-0.39, 0.29) is 0 Å². The Labute approximate surface area is 445 Å². The van der Waals surface area contributed by atoms with E-state index >= 15 is 0 Å². The van der Waals surface area contributed by atoms with Crippen LogP contribution in [-0.2, 0) is 12.8 Å². The number of H-pyrrole nitrogens is 2. The maximum atomic E-state index is 6.38. The van der Waals surface area contributed by atoms with Gasteiger partial charge in [-0.15, -0.1) is 0 Å². The molecule has 3 aromatic heterocycles. The molecule has 0 fully saturated rings. The second kappa shape index (κ2) is 26.1. The Kier molecular flexibility index (Phi) is 19.8. The van der Waals surface area contributed by atoms with Crippen molar-refractivity contribution in [3.8, 4) is 45.3 Å². The monoisotopic (exact) mass is 1000 g/mol. The molecule has 2 aliphatic heterocycles. The van der Waals surface area contributed by atoms with Crippen molar-refractivity contribution in [3.63, 3.8) is 0 Å². The molecule has 2 N–H and O–H groups in total. The van der Waals surface area contributed by atoms with Crippen LogP contribution in [0.3, 0.4) is 0 Å². The van der Waals surface area contributed by atoms with Crippen LogP contribution in [0.2, 0.25) is 0 Å². The van der Waals surface area contributed by atoms with Gasteiger partial charge in [0.05, 0.1) is 73.4 Å². The van der Waals surface area contributed by atoms with Crippen LogP contribution < -0.4 is 18.9 Å². The van der Waals surface area contributed by atoms with Gasteiger partial charge in [-0.05, 0) is 185 Å². The van der Waals surface area contributed by atoms with Gasteiger partial charge in [0, 0.05) is 22.2 Å². The Morgan fingerprint density at radius 2 is 0.689 bits per heavy atom. The average molecular weight is 1000 g/mol. The first-order chi connectivity index (χ1) is 35.9. The van der Waals surface area contributed by atoms with E-state index in [4.69, 9.17) is 28.9 Å². The summed E-state index contributed by atoms with van der Waals surface area (Å²) in [4.78, 5) is 20.1. The number of nitrogens with one attached hydrogen (secondary N) is 2. The first-order valence-corrected chi connectivity index (χ1v) is 28.6. The van der Waals surface area contributed by atoms with Crippen LogP contribution in [0.25, 0.3) is 66.6 Å². The minimum Gasteiger partial charge on any atom is -0.496 e. The number of methoxy groups -OCH3 is 4. The Morgan fingerprint density at radius 3 is 0.986 bits per heavy atom. The molecule has 0 saturated carbocycles. The lowest BCUT2D eigenvalue weighted by atomic mass is 9.92. The van der Waals surface area contributed by atoms with Crippen molar-refractivity contribution >= 4 is 44.4 Å². The molecule has 0 saturated heterocycles. The summed E-state index contributed by atoms with van der Waals surface area (Å²) in [5.74, 6) is 3.07. The lowest BCUT2D eigenvalue weighted by molar-refractivity contribution is 0.396. The summed E-state index contributed by atoms with van der Waals surface area (Å²) in [5, 5.41) is 0. The zero-order valence-corrected chi connectivity index (χ0v) is 48.1. The third-order valence-electron chi connectivity index (χ3n) is 16.0. The number of nitrogens with zero attached hydrogens (tertiary/aromatic N) is 2. The highest BCUT2D eigenvalue weighted by atomic mass is 16.5. The summed E-state index contributed by atoms with van der Waals surface area (Å²) in [6.07, 6.45) is 22.4. The predicted octanol–water partition coefficient (Wildman–Crippen LogP) is 19.0. The van der Waals surface area contributed by atoms with Gasteiger partial charge in [-0.25, -0.2) is 9.97 Å². The second-order valence-corrected chi connectivity index (χ2v) is 21.3. The summed E-state index contributed by atoms with van der Waals surface area (Å²) in [7, 11) is 7.11. The fourth-order valence-corrected chi connectivity index (χ4v) is 11.8. The first-order valence-electron chi connectivity index (χ1n) is 28.6. The van der Waals surface area contributed by atoms with E-state index in [1.807, 2.05) is 0 Å². The molecule has 74 heavy (non-hydrogen) atoms. The van der Waals surface area contributed by atoms with E-state index in [0.29, 0.717) is 0 Å². The van der Waals surface area contributed by atoms with Crippen molar-refractivity contribution < 1.29 is 18.9 Å². The topological polar surface area (TPSA) is 94.3 Å². The van der Waals surface area contributed by atoms with Crippen molar-refractivity contribution in [2.45, 2.75) is 198 Å². The van der Waals surface area contributed by atoms with Gasteiger partial charge in [0.1, 0.15) is 23.0 Å². The smallest absolute Gasteiger partial charge is 0.130 e. The lowest BCUT2D eigenvalue weighted by Crippen LogP contribution is -1.98. The van der Waals surface area contributed by atoms with Crippen molar-refractivity contribution in [1.82, 2.24) is 19.9 Å². The van der Waals surface area contributed by atoms with Crippen LogP contribution >= 0.6 is 0 Å². The number of ether oxygens (including phenoxy) is 4. The maximum Gasteiger partial charge on any atom is 0.130 e. The molecule has 2 aliphatic rings. The molecular formula is C66H90N4O4. The summed E-state index contributed by atoms with van der Waals surface area (Å²) >= 11 is 0. The second-order valence-electron chi connectivity index (χ2n) is 21.3. The summed E-state index contributed by atoms with van der Waals surface area (Å²) in [5.41, 5.74) is 24.3. The molecule has 0 radical (unpaired) electrons. The van der Waals surface area contributed by atoms with E-state index in [9.17, 15) is 0 Å². The molecule has 5 aromatic rings. The SMILES string of the molecule is CCCCCCC1=C(C)c2nc1cc1[nH]c(c(C)c1CCCCCC)c(-c1c(OC)cc(C)cc1OC)c1nc(cc3[nH]c(c(C)c3CCCCCC)c2-c2c(OC)cc(C)cc2OC)C(CCCCCC)=C1C. The molecule has 5 heterocycles. The van der Waals surface area contributed by atoms with Gasteiger partial charge < -0.3 is 28.9 Å². The highest BCUT2D eigenvalue weighted by Gasteiger charge is 2.30. The number of aromatic nitrogens is 4. The standard InChI is InChI=1S/C66H90N4O4/c1-15-19-23-27-31-47-43(7)63-61(59-55(71-11)35-41(5)36-56(59)72-12)64-45(9)49(33-29-25-21-17-3)53(69-64)40-54-50(34-30-26-22-18-4)46(10)66(70-54)62(60-57(73-13)37-42(6)38-58(60)74-14)65-44(8)48(32-28-24-20-16-2)52(68-65)39-51(47)67-63/h35-40,67,70H,15-34H2,1-14H3. The quantitative estimate of drug-likeness (QED) is 0.0536. The van der Waals surface area contributed by atoms with Gasteiger partial charge >= 0.3 is 0 Å². The highest BCUT2D eigenvalue weighted by molar-refractivity contribution is 6.05. The molecule has 0 amide bonds. The van der Waals surface area contributed by atoms with Gasteiger partial charge in [-0.2, -0.15) is 0 Å². The number of aromatic amines is 2. The largest absolute Gasteiger partial charge is 0.496 e. The van der Waals surface area contributed by atoms with Gasteiger partial charge in [-0.3, -0.25) is 0 Å². The molecule has 8 nitrogen and oxygen atoms in total. The average Bonchev–Trinajstić information content (AvgIpc) is 4.08. The molecule has 0 atom stereocenters. The zero-order chi connectivity index (χ0) is 53.1. The van der Waals surface area contributed by atoms with Crippen LogP contribution in [0.5, 0.6) is 23.0 Å². The Bertz CT molecular complexity index is 2760. The van der Waals surface area contributed by atoms with Crippen molar-refractivity contribution in [1.29, 1.82) is 0 Å². The molecule has 7 rings (SSSR count). The minimum atomic E-state index is 0.768. The Balaban J connectivity index is 1.78. The molecule has 8 bridgehead atoms. The molecule has 0 aliphatic carbocycles. The highest BCUT2D eigenvalue weighted by Crippen LogP contribution is 2.50. The minimum absolute atomic E-state index is 0.768. The molecule has 398 valence electrons. The molecule has 8 heteroatoms. The number of aryl methyl sites for hydroxylation is 6. The van der Waals surface area contributed by atoms with E-state index in [1.165, 1.54) is 122 Å². The fraction of sp³-hybridized carbons (Fsp3) is 0.515. The van der Waals surface area contributed by atoms with E-state index in [2.05, 4.69) is 116 Å². The number of unbranched alkanes of at least 4 members (excludes halogenated alkanes) is 12. The summed E-state index contributed by atoms with van der Waals surface area (Å²) in [6, 6.07) is 13.3. The third-order valence-corrected chi connectivity index (χ3v) is 16.0. The normalized spacial score (nSPS) is 12.6. The Hall–Kier alpha value is -5.76. The van der Waals surface area contributed by atoms with Crippen molar-refractivity contribution in [2.24, 2.45) is 0 Å². The fourth-order valence-electron chi connectivity index (χ4n) is 11.8. The van der Waals surface area contributed by atoms with E-state index in [1.54, 1.807) is 28.4 Å². The van der Waals surface area contributed by atoms with Gasteiger partial charge in [0.15, 0.2) is 0 Å². The summed E-state index contributed by atoms with van der Waals surface area (Å²) in [6.45, 7) is 22.6. The molecule has 0 spiro atoms. The van der Waals surface area contributed by atoms with Crippen molar-refractivity contribution in [3.05, 3.63) is 92.6 Å². The number of hydrogen-bond donors (Lipinski definition) is 2. The number of hydrogen-bond acceptors (Lipinski definition) is 6. The number of fused-ring (bicyclic) bond motifs is 8. The number of benzene rings is 2.